The van der Waals surface area contributed by atoms with Gasteiger partial charge < -0.3 is 4.74 Å². The first-order chi connectivity index (χ1) is 6.65. The zero-order valence-corrected chi connectivity index (χ0v) is 9.93. The number of pyridine rings is 1. The van der Waals surface area contributed by atoms with Gasteiger partial charge in [0.2, 0.25) is 0 Å². The molecule has 1 aromatic heterocycles. The van der Waals surface area contributed by atoms with Gasteiger partial charge in [0.15, 0.2) is 0 Å². The van der Waals surface area contributed by atoms with Crippen LogP contribution in [0.3, 0.4) is 0 Å². The van der Waals surface area contributed by atoms with Crippen molar-refractivity contribution >= 4 is 33.5 Å². The number of nitrogens with zero attached hydrogens (tertiary/aromatic N) is 1. The molecule has 0 aliphatic heterocycles. The quantitative estimate of drug-likeness (QED) is 0.630. The zero-order chi connectivity index (χ0) is 10.6. The van der Waals surface area contributed by atoms with Crippen molar-refractivity contribution in [2.75, 3.05) is 6.61 Å². The second kappa shape index (κ2) is 5.32. The van der Waals surface area contributed by atoms with E-state index in [0.29, 0.717) is 11.1 Å². The van der Waals surface area contributed by atoms with Crippen molar-refractivity contribution in [3.05, 3.63) is 27.5 Å². The molecule has 0 bridgehead atoms. The Kier molecular flexibility index (Phi) is 4.35. The molecule has 0 N–H and O–H groups in total. The molecule has 0 amide bonds. The average molecular weight is 279 g/mol. The van der Waals surface area contributed by atoms with E-state index in [1.807, 2.05) is 6.92 Å². The molecule has 1 rings (SSSR count). The highest BCUT2D eigenvalue weighted by molar-refractivity contribution is 9.10. The number of esters is 1. The first-order valence-electron chi connectivity index (χ1n) is 4.13. The first-order valence-corrected chi connectivity index (χ1v) is 5.30. The predicted molar refractivity (Wildman–Crippen MR) is 57.5 cm³/mol. The molecule has 0 fully saturated rings. The molecular weight excluding hydrogens is 269 g/mol. The summed E-state index contributed by atoms with van der Waals surface area (Å²) >= 11 is 8.94. The van der Waals surface area contributed by atoms with Gasteiger partial charge in [-0.1, -0.05) is 18.5 Å². The van der Waals surface area contributed by atoms with Gasteiger partial charge in [0, 0.05) is 10.7 Å². The smallest absolute Gasteiger partial charge is 0.341 e. The Morgan fingerprint density at radius 3 is 3.07 bits per heavy atom. The van der Waals surface area contributed by atoms with Gasteiger partial charge in [-0.3, -0.25) is 0 Å². The van der Waals surface area contributed by atoms with Gasteiger partial charge in [0.1, 0.15) is 5.15 Å². The normalized spacial score (nSPS) is 9.93. The number of hydrogen-bond donors (Lipinski definition) is 0. The molecular formula is C9H9BrClNO2. The van der Waals surface area contributed by atoms with E-state index in [9.17, 15) is 4.79 Å². The Balaban J connectivity index is 2.83. The minimum absolute atomic E-state index is 0.161. The summed E-state index contributed by atoms with van der Waals surface area (Å²) in [7, 11) is 0. The van der Waals surface area contributed by atoms with Crippen LogP contribution >= 0.6 is 27.5 Å². The summed E-state index contributed by atoms with van der Waals surface area (Å²) in [6.07, 6.45) is 2.31. The standard InChI is InChI=1S/C9H9BrClNO2/c1-2-3-14-9(13)7-4-6(10)5-12-8(7)11/h4-5H,2-3H2,1H3. The number of ether oxygens (including phenoxy) is 1. The number of carbonyl (C=O) groups is 1. The lowest BCUT2D eigenvalue weighted by atomic mass is 10.3. The molecule has 0 saturated heterocycles. The van der Waals surface area contributed by atoms with Crippen molar-refractivity contribution in [2.45, 2.75) is 13.3 Å². The second-order valence-corrected chi connectivity index (χ2v) is 3.90. The molecule has 0 aromatic carbocycles. The Hall–Kier alpha value is -0.610. The van der Waals surface area contributed by atoms with Gasteiger partial charge in [-0.25, -0.2) is 9.78 Å². The molecule has 0 aliphatic carbocycles. The van der Waals surface area contributed by atoms with Crippen LogP contribution < -0.4 is 0 Å². The number of aromatic nitrogens is 1. The maximum atomic E-state index is 11.4. The van der Waals surface area contributed by atoms with Crippen LogP contribution in [-0.2, 0) is 4.74 Å². The van der Waals surface area contributed by atoms with Crippen molar-refractivity contribution in [3.63, 3.8) is 0 Å². The number of carbonyl (C=O) groups excluding carboxylic acids is 1. The molecule has 0 unspecified atom stereocenters. The van der Waals surface area contributed by atoms with E-state index < -0.39 is 5.97 Å². The summed E-state index contributed by atoms with van der Waals surface area (Å²) in [5.74, 6) is -0.439. The lowest BCUT2D eigenvalue weighted by Gasteiger charge is -2.04. The van der Waals surface area contributed by atoms with Crippen LogP contribution in [-0.4, -0.2) is 17.6 Å². The van der Waals surface area contributed by atoms with Crippen molar-refractivity contribution < 1.29 is 9.53 Å². The van der Waals surface area contributed by atoms with Gasteiger partial charge in [0.25, 0.3) is 0 Å². The number of hydrogen-bond acceptors (Lipinski definition) is 3. The van der Waals surface area contributed by atoms with Gasteiger partial charge in [-0.2, -0.15) is 0 Å². The second-order valence-electron chi connectivity index (χ2n) is 2.63. The fourth-order valence-electron chi connectivity index (χ4n) is 0.838. The lowest BCUT2D eigenvalue weighted by Crippen LogP contribution is -2.07. The zero-order valence-electron chi connectivity index (χ0n) is 7.59. The molecule has 14 heavy (non-hydrogen) atoms. The van der Waals surface area contributed by atoms with E-state index in [0.717, 1.165) is 6.42 Å². The Morgan fingerprint density at radius 2 is 2.43 bits per heavy atom. The summed E-state index contributed by atoms with van der Waals surface area (Å²) in [6, 6.07) is 1.59. The molecule has 0 radical (unpaired) electrons. The van der Waals surface area contributed by atoms with E-state index in [1.54, 1.807) is 6.07 Å². The summed E-state index contributed by atoms with van der Waals surface area (Å²) in [5, 5.41) is 0.161. The SMILES string of the molecule is CCCOC(=O)c1cc(Br)cnc1Cl. The maximum absolute atomic E-state index is 11.4. The minimum atomic E-state index is -0.439. The Bertz CT molecular complexity index is 344. The van der Waals surface area contributed by atoms with Crippen LogP contribution in [0.25, 0.3) is 0 Å². The van der Waals surface area contributed by atoms with Crippen molar-refractivity contribution in [1.82, 2.24) is 4.98 Å². The van der Waals surface area contributed by atoms with Crippen LogP contribution in [0.15, 0.2) is 16.7 Å². The summed E-state index contributed by atoms with van der Waals surface area (Å²) < 4.78 is 5.63. The first kappa shape index (κ1) is 11.5. The van der Waals surface area contributed by atoms with Crippen molar-refractivity contribution in [1.29, 1.82) is 0 Å². The molecule has 76 valence electrons. The summed E-state index contributed by atoms with van der Waals surface area (Å²) in [6.45, 7) is 2.32. The van der Waals surface area contributed by atoms with E-state index in [-0.39, 0.29) is 10.7 Å². The number of halogens is 2. The molecule has 0 spiro atoms. The molecule has 1 heterocycles. The molecule has 5 heteroatoms. The number of rotatable bonds is 3. The van der Waals surface area contributed by atoms with Crippen molar-refractivity contribution in [2.24, 2.45) is 0 Å². The predicted octanol–water partition coefficient (Wildman–Crippen LogP) is 3.06. The minimum Gasteiger partial charge on any atom is -0.462 e. The van der Waals surface area contributed by atoms with Crippen LogP contribution in [0.2, 0.25) is 5.15 Å². The molecule has 0 saturated carbocycles. The van der Waals surface area contributed by atoms with Crippen LogP contribution in [0.4, 0.5) is 0 Å². The largest absolute Gasteiger partial charge is 0.462 e. The van der Waals surface area contributed by atoms with Gasteiger partial charge in [-0.05, 0) is 28.4 Å². The highest BCUT2D eigenvalue weighted by Gasteiger charge is 2.12. The third-order valence-electron chi connectivity index (χ3n) is 1.46. The van der Waals surface area contributed by atoms with Gasteiger partial charge in [0.05, 0.1) is 12.2 Å². The fourth-order valence-corrected chi connectivity index (χ4v) is 1.35. The van der Waals surface area contributed by atoms with Crippen LogP contribution in [0, 0.1) is 0 Å². The van der Waals surface area contributed by atoms with Crippen LogP contribution in [0.5, 0.6) is 0 Å². The maximum Gasteiger partial charge on any atom is 0.341 e. The van der Waals surface area contributed by atoms with E-state index in [4.69, 9.17) is 16.3 Å². The molecule has 0 aliphatic rings. The van der Waals surface area contributed by atoms with E-state index in [2.05, 4.69) is 20.9 Å². The topological polar surface area (TPSA) is 39.2 Å². The third-order valence-corrected chi connectivity index (χ3v) is 2.20. The Morgan fingerprint density at radius 1 is 1.71 bits per heavy atom. The highest BCUT2D eigenvalue weighted by atomic mass is 79.9. The van der Waals surface area contributed by atoms with Gasteiger partial charge in [-0.15, -0.1) is 0 Å². The van der Waals surface area contributed by atoms with Crippen LogP contribution in [0.1, 0.15) is 23.7 Å². The molecule has 0 atom stereocenters. The summed E-state index contributed by atoms with van der Waals surface area (Å²) in [4.78, 5) is 15.2. The average Bonchev–Trinajstić information content (AvgIpc) is 2.18. The summed E-state index contributed by atoms with van der Waals surface area (Å²) in [5.41, 5.74) is 0.287. The molecule has 3 nitrogen and oxygen atoms in total. The van der Waals surface area contributed by atoms with Gasteiger partial charge >= 0.3 is 5.97 Å². The lowest BCUT2D eigenvalue weighted by molar-refractivity contribution is 0.0505. The highest BCUT2D eigenvalue weighted by Crippen LogP contribution is 2.18. The van der Waals surface area contributed by atoms with E-state index in [1.165, 1.54) is 6.20 Å². The molecule has 1 aromatic rings. The third kappa shape index (κ3) is 2.96. The monoisotopic (exact) mass is 277 g/mol. The van der Waals surface area contributed by atoms with E-state index >= 15 is 0 Å². The Labute approximate surface area is 95.6 Å². The fraction of sp³-hybridized carbons (Fsp3) is 0.333. The van der Waals surface area contributed by atoms with Crippen molar-refractivity contribution in [3.8, 4) is 0 Å².